The van der Waals surface area contributed by atoms with Crippen molar-refractivity contribution in [1.82, 2.24) is 5.43 Å². The van der Waals surface area contributed by atoms with Crippen molar-refractivity contribution in [2.75, 3.05) is 16.4 Å². The largest absolute Gasteiger partial charge is 0.418 e. The van der Waals surface area contributed by atoms with Gasteiger partial charge in [-0.1, -0.05) is 0 Å². The fourth-order valence-electron chi connectivity index (χ4n) is 2.10. The van der Waals surface area contributed by atoms with E-state index >= 15 is 0 Å². The molecule has 0 saturated carbocycles. The van der Waals surface area contributed by atoms with Crippen LogP contribution in [0.2, 0.25) is 0 Å². The Labute approximate surface area is 157 Å². The Morgan fingerprint density at radius 1 is 1.11 bits per heavy atom. The molecule has 3 N–H and O–H groups in total. The molecule has 0 aliphatic heterocycles. The summed E-state index contributed by atoms with van der Waals surface area (Å²) >= 11 is 0. The number of amides is 1. The molecular weight excluding hydrogens is 404 g/mol. The summed E-state index contributed by atoms with van der Waals surface area (Å²) in [6.07, 6.45) is -4.01. The van der Waals surface area contributed by atoms with Gasteiger partial charge in [0.25, 0.3) is 5.91 Å². The Balaban J connectivity index is 2.24. The van der Waals surface area contributed by atoms with Gasteiger partial charge in [0.15, 0.2) is 0 Å². The van der Waals surface area contributed by atoms with E-state index in [4.69, 9.17) is 5.26 Å². The van der Waals surface area contributed by atoms with Crippen LogP contribution in [-0.2, 0) is 16.2 Å². The number of anilines is 2. The second kappa shape index (κ2) is 7.73. The molecule has 0 aliphatic carbocycles. The lowest BCUT2D eigenvalue weighted by Gasteiger charge is -2.15. The Kier molecular flexibility index (Phi) is 5.79. The van der Waals surface area contributed by atoms with Gasteiger partial charge < -0.3 is 0 Å². The topological polar surface area (TPSA) is 111 Å². The fraction of sp³-hybridized carbons (Fsp3) is 0.125. The Morgan fingerprint density at radius 3 is 2.36 bits per heavy atom. The highest BCUT2D eigenvalue weighted by Crippen LogP contribution is 2.35. The molecule has 0 unspecified atom stereocenters. The summed E-state index contributed by atoms with van der Waals surface area (Å²) in [5.41, 5.74) is 1.46. The summed E-state index contributed by atoms with van der Waals surface area (Å²) in [5, 5.41) is 8.73. The fourth-order valence-corrected chi connectivity index (χ4v) is 2.65. The summed E-state index contributed by atoms with van der Waals surface area (Å²) in [4.78, 5) is 12.1. The first kappa shape index (κ1) is 21.0. The smallest absolute Gasteiger partial charge is 0.298 e. The molecule has 28 heavy (non-hydrogen) atoms. The van der Waals surface area contributed by atoms with Crippen molar-refractivity contribution in [2.45, 2.75) is 6.18 Å². The molecule has 2 aromatic carbocycles. The standard InChI is InChI=1S/C16H12F4N4O3S/c1-28(26,27)24-14-7-10(3-4-12(14)17)15(25)23-22-13-5-2-9(8-21)6-11(13)16(18,19)20/h2-7,22,24H,1H3,(H,23,25). The summed E-state index contributed by atoms with van der Waals surface area (Å²) < 4.78 is 77.2. The van der Waals surface area contributed by atoms with Gasteiger partial charge in [0, 0.05) is 5.56 Å². The monoisotopic (exact) mass is 416 g/mol. The van der Waals surface area contributed by atoms with E-state index in [0.717, 1.165) is 36.6 Å². The minimum atomic E-state index is -4.79. The van der Waals surface area contributed by atoms with Gasteiger partial charge in [0.1, 0.15) is 5.82 Å². The molecule has 0 atom stereocenters. The molecule has 0 fully saturated rings. The molecule has 7 nitrogen and oxygen atoms in total. The Morgan fingerprint density at radius 2 is 1.79 bits per heavy atom. The third-order valence-electron chi connectivity index (χ3n) is 3.29. The molecular formula is C16H12F4N4O3S. The van der Waals surface area contributed by atoms with Gasteiger partial charge >= 0.3 is 6.18 Å². The number of nitrogens with one attached hydrogen (secondary N) is 3. The number of hydrogen-bond acceptors (Lipinski definition) is 5. The predicted molar refractivity (Wildman–Crippen MR) is 92.1 cm³/mol. The number of carbonyl (C=O) groups is 1. The average Bonchev–Trinajstić information content (AvgIpc) is 2.59. The molecule has 0 heterocycles. The minimum absolute atomic E-state index is 0.220. The van der Waals surface area contributed by atoms with Gasteiger partial charge in [-0.3, -0.25) is 20.4 Å². The van der Waals surface area contributed by atoms with Gasteiger partial charge in [-0.25, -0.2) is 12.8 Å². The van der Waals surface area contributed by atoms with Crippen molar-refractivity contribution in [1.29, 1.82) is 5.26 Å². The maximum atomic E-state index is 13.6. The lowest BCUT2D eigenvalue weighted by atomic mass is 10.1. The number of halogens is 4. The number of nitriles is 1. The van der Waals surface area contributed by atoms with Gasteiger partial charge in [-0.2, -0.15) is 18.4 Å². The molecule has 0 radical (unpaired) electrons. The SMILES string of the molecule is CS(=O)(=O)Nc1cc(C(=O)NNc2ccc(C#N)cc2C(F)(F)F)ccc1F. The second-order valence-electron chi connectivity index (χ2n) is 5.52. The van der Waals surface area contributed by atoms with Crippen LogP contribution in [0.1, 0.15) is 21.5 Å². The molecule has 0 saturated heterocycles. The van der Waals surface area contributed by atoms with Crippen molar-refractivity contribution < 1.29 is 30.8 Å². The lowest BCUT2D eigenvalue weighted by molar-refractivity contribution is -0.137. The normalized spacial score (nSPS) is 11.4. The first-order valence-corrected chi connectivity index (χ1v) is 9.25. The third kappa shape index (κ3) is 5.34. The molecule has 0 bridgehead atoms. The van der Waals surface area contributed by atoms with Crippen LogP contribution in [0.15, 0.2) is 36.4 Å². The van der Waals surface area contributed by atoms with E-state index in [-0.39, 0.29) is 11.1 Å². The van der Waals surface area contributed by atoms with E-state index in [9.17, 15) is 30.8 Å². The van der Waals surface area contributed by atoms with E-state index in [2.05, 4.69) is 5.43 Å². The molecule has 1 amide bonds. The third-order valence-corrected chi connectivity index (χ3v) is 3.88. The highest BCUT2D eigenvalue weighted by Gasteiger charge is 2.34. The van der Waals surface area contributed by atoms with E-state index in [1.807, 2.05) is 10.1 Å². The van der Waals surface area contributed by atoms with E-state index in [1.54, 1.807) is 6.07 Å². The zero-order valence-electron chi connectivity index (χ0n) is 14.1. The quantitative estimate of drug-likeness (QED) is 0.513. The molecule has 12 heteroatoms. The molecule has 0 aliphatic rings. The summed E-state index contributed by atoms with van der Waals surface area (Å²) in [6, 6.07) is 7.00. The van der Waals surface area contributed by atoms with Crippen LogP contribution in [0.5, 0.6) is 0 Å². The molecule has 2 aromatic rings. The van der Waals surface area contributed by atoms with Crippen LogP contribution in [0.4, 0.5) is 28.9 Å². The number of sulfonamides is 1. The number of rotatable bonds is 5. The number of hydrogen-bond donors (Lipinski definition) is 3. The van der Waals surface area contributed by atoms with Crippen molar-refractivity contribution >= 4 is 27.3 Å². The minimum Gasteiger partial charge on any atom is -0.298 e. The van der Waals surface area contributed by atoms with Crippen LogP contribution in [0, 0.1) is 17.1 Å². The molecule has 148 valence electrons. The van der Waals surface area contributed by atoms with Crippen LogP contribution < -0.4 is 15.6 Å². The number of nitrogens with zero attached hydrogens (tertiary/aromatic N) is 1. The number of benzene rings is 2. The van der Waals surface area contributed by atoms with Crippen molar-refractivity contribution in [3.05, 3.63) is 58.9 Å². The highest BCUT2D eigenvalue weighted by molar-refractivity contribution is 7.92. The highest BCUT2D eigenvalue weighted by atomic mass is 32.2. The number of alkyl halides is 3. The van der Waals surface area contributed by atoms with Gasteiger partial charge in [-0.05, 0) is 36.4 Å². The van der Waals surface area contributed by atoms with Crippen LogP contribution in [0.25, 0.3) is 0 Å². The Hall–Kier alpha value is -3.33. The lowest BCUT2D eigenvalue weighted by Crippen LogP contribution is -2.30. The summed E-state index contributed by atoms with van der Waals surface area (Å²) in [6.45, 7) is 0. The number of hydrazine groups is 1. The van der Waals surface area contributed by atoms with Crippen molar-refractivity contribution in [3.63, 3.8) is 0 Å². The van der Waals surface area contributed by atoms with E-state index < -0.39 is 44.9 Å². The van der Waals surface area contributed by atoms with E-state index in [0.29, 0.717) is 6.07 Å². The van der Waals surface area contributed by atoms with Gasteiger partial charge in [-0.15, -0.1) is 0 Å². The van der Waals surface area contributed by atoms with Gasteiger partial charge in [0.05, 0.1) is 34.8 Å². The average molecular weight is 416 g/mol. The van der Waals surface area contributed by atoms with Crippen molar-refractivity contribution in [2.24, 2.45) is 0 Å². The summed E-state index contributed by atoms with van der Waals surface area (Å²) in [5.74, 6) is -1.89. The molecule has 0 aromatic heterocycles. The molecule has 0 spiro atoms. The zero-order valence-corrected chi connectivity index (χ0v) is 14.9. The first-order chi connectivity index (χ1) is 12.9. The van der Waals surface area contributed by atoms with Gasteiger partial charge in [0.2, 0.25) is 10.0 Å². The zero-order chi connectivity index (χ0) is 21.1. The molecule has 2 rings (SSSR count). The second-order valence-corrected chi connectivity index (χ2v) is 7.27. The van der Waals surface area contributed by atoms with Crippen LogP contribution >= 0.6 is 0 Å². The first-order valence-electron chi connectivity index (χ1n) is 7.36. The van der Waals surface area contributed by atoms with Crippen molar-refractivity contribution in [3.8, 4) is 6.07 Å². The summed E-state index contributed by atoms with van der Waals surface area (Å²) in [7, 11) is -3.81. The maximum Gasteiger partial charge on any atom is 0.418 e. The van der Waals surface area contributed by atoms with Crippen LogP contribution in [-0.4, -0.2) is 20.6 Å². The Bertz CT molecular complexity index is 1060. The predicted octanol–water partition coefficient (Wildman–Crippen LogP) is 2.84. The maximum absolute atomic E-state index is 13.6. The van der Waals surface area contributed by atoms with Crippen LogP contribution in [0.3, 0.4) is 0 Å². The van der Waals surface area contributed by atoms with E-state index in [1.165, 1.54) is 0 Å². The number of carbonyl (C=O) groups excluding carboxylic acids is 1.